The Morgan fingerprint density at radius 2 is 2.13 bits per heavy atom. The van der Waals surface area contributed by atoms with Crippen LogP contribution >= 0.6 is 0 Å². The second-order valence-electron chi connectivity index (χ2n) is 3.86. The van der Waals surface area contributed by atoms with Crippen LogP contribution in [0.1, 0.15) is 28.7 Å². The van der Waals surface area contributed by atoms with E-state index < -0.39 is 10.8 Å². The maximum absolute atomic E-state index is 11.3. The fourth-order valence-electron chi connectivity index (χ4n) is 1.59. The smallest absolute Gasteiger partial charge is 0.151 e. The molecule has 0 saturated heterocycles. The first-order valence-corrected chi connectivity index (χ1v) is 6.53. The lowest BCUT2D eigenvalue weighted by Crippen LogP contribution is -2.19. The molecule has 84 valence electrons. The van der Waals surface area contributed by atoms with E-state index in [9.17, 15) is 9.00 Å². The van der Waals surface area contributed by atoms with Crippen molar-refractivity contribution in [1.82, 2.24) is 4.57 Å². The van der Waals surface area contributed by atoms with Crippen molar-refractivity contribution in [2.75, 3.05) is 6.26 Å². The van der Waals surface area contributed by atoms with Gasteiger partial charge in [-0.05, 0) is 26.8 Å². The number of nitrogens with zero attached hydrogens (tertiary/aromatic N) is 1. The van der Waals surface area contributed by atoms with Gasteiger partial charge in [0.1, 0.15) is 0 Å². The number of hydrogen-bond donors (Lipinski definition) is 0. The van der Waals surface area contributed by atoms with E-state index in [1.165, 1.54) is 0 Å². The van der Waals surface area contributed by atoms with Crippen molar-refractivity contribution in [1.29, 1.82) is 0 Å². The number of carbonyl (C=O) groups excluding carboxylic acids is 1. The second kappa shape index (κ2) is 4.75. The van der Waals surface area contributed by atoms with Crippen LogP contribution in [-0.4, -0.2) is 26.6 Å². The fraction of sp³-hybridized carbons (Fsp3) is 0.545. The molecular weight excluding hydrogens is 210 g/mol. The molecule has 1 heterocycles. The van der Waals surface area contributed by atoms with E-state index in [1.807, 2.05) is 26.8 Å². The van der Waals surface area contributed by atoms with Crippen molar-refractivity contribution >= 4 is 17.1 Å². The van der Waals surface area contributed by atoms with Crippen LogP contribution in [0.4, 0.5) is 0 Å². The molecule has 0 aliphatic carbocycles. The minimum atomic E-state index is -0.829. The number of aromatic nitrogens is 1. The highest BCUT2D eigenvalue weighted by Crippen LogP contribution is 2.14. The summed E-state index contributed by atoms with van der Waals surface area (Å²) in [6, 6.07) is 1.87. The predicted octanol–water partition coefficient (Wildman–Crippen LogP) is 1.68. The quantitative estimate of drug-likeness (QED) is 0.734. The zero-order chi connectivity index (χ0) is 11.6. The van der Waals surface area contributed by atoms with Crippen LogP contribution in [0.25, 0.3) is 0 Å². The lowest BCUT2D eigenvalue weighted by Gasteiger charge is -2.13. The van der Waals surface area contributed by atoms with E-state index in [1.54, 1.807) is 6.26 Å². The summed E-state index contributed by atoms with van der Waals surface area (Å²) in [5.74, 6) is 0. The Kier molecular flexibility index (Phi) is 3.85. The molecule has 0 spiro atoms. The average molecular weight is 227 g/mol. The highest BCUT2D eigenvalue weighted by Gasteiger charge is 2.12. The minimum absolute atomic E-state index is 0.106. The van der Waals surface area contributed by atoms with Gasteiger partial charge in [0, 0.05) is 45.8 Å². The van der Waals surface area contributed by atoms with Crippen LogP contribution in [0.15, 0.2) is 6.07 Å². The third-order valence-electron chi connectivity index (χ3n) is 2.75. The van der Waals surface area contributed by atoms with Gasteiger partial charge in [-0.1, -0.05) is 0 Å². The van der Waals surface area contributed by atoms with Crippen LogP contribution < -0.4 is 0 Å². The molecule has 3 nitrogen and oxygen atoms in total. The largest absolute Gasteiger partial charge is 0.347 e. The Morgan fingerprint density at radius 1 is 1.53 bits per heavy atom. The van der Waals surface area contributed by atoms with Gasteiger partial charge in [-0.3, -0.25) is 9.00 Å². The van der Waals surface area contributed by atoms with Crippen LogP contribution in [0.2, 0.25) is 0 Å². The lowest BCUT2D eigenvalue weighted by molar-refractivity contribution is 0.112. The number of carbonyl (C=O) groups is 1. The first-order valence-electron chi connectivity index (χ1n) is 4.91. The standard InChI is InChI=1S/C11H17NO2S/c1-8-5-11(7-13)10(3)12(8)6-9(2)15(4)14/h5,7,9H,6H2,1-4H3. The molecule has 0 aliphatic heterocycles. The normalized spacial score (nSPS) is 14.9. The highest BCUT2D eigenvalue weighted by atomic mass is 32.2. The van der Waals surface area contributed by atoms with Gasteiger partial charge in [0.25, 0.3) is 0 Å². The maximum Gasteiger partial charge on any atom is 0.151 e. The van der Waals surface area contributed by atoms with Gasteiger partial charge in [-0.25, -0.2) is 0 Å². The number of aldehydes is 1. The van der Waals surface area contributed by atoms with E-state index in [0.29, 0.717) is 6.54 Å². The third-order valence-corrected chi connectivity index (χ3v) is 4.03. The van der Waals surface area contributed by atoms with Gasteiger partial charge in [0.15, 0.2) is 6.29 Å². The van der Waals surface area contributed by atoms with Crippen molar-refractivity contribution < 1.29 is 9.00 Å². The Bertz CT molecular complexity index is 396. The molecule has 0 bridgehead atoms. The molecule has 0 saturated carbocycles. The van der Waals surface area contributed by atoms with Crippen LogP contribution in [0.3, 0.4) is 0 Å². The van der Waals surface area contributed by atoms with E-state index in [0.717, 1.165) is 23.2 Å². The van der Waals surface area contributed by atoms with Crippen molar-refractivity contribution in [2.24, 2.45) is 0 Å². The molecule has 0 fully saturated rings. The van der Waals surface area contributed by atoms with Gasteiger partial charge in [0.2, 0.25) is 0 Å². The summed E-state index contributed by atoms with van der Waals surface area (Å²) in [6.07, 6.45) is 2.58. The molecular formula is C11H17NO2S. The van der Waals surface area contributed by atoms with Crippen LogP contribution in [0.5, 0.6) is 0 Å². The molecule has 2 atom stereocenters. The van der Waals surface area contributed by atoms with Crippen molar-refractivity contribution in [3.8, 4) is 0 Å². The molecule has 0 radical (unpaired) electrons. The molecule has 0 aliphatic rings. The number of rotatable bonds is 4. The molecule has 0 N–H and O–H groups in total. The summed E-state index contributed by atoms with van der Waals surface area (Å²) in [7, 11) is -0.829. The maximum atomic E-state index is 11.3. The topological polar surface area (TPSA) is 39.1 Å². The van der Waals surface area contributed by atoms with Crippen LogP contribution in [0, 0.1) is 13.8 Å². The van der Waals surface area contributed by atoms with Gasteiger partial charge in [-0.2, -0.15) is 0 Å². The molecule has 2 unspecified atom stereocenters. The summed E-state index contributed by atoms with van der Waals surface area (Å²) in [5, 5.41) is 0.106. The monoisotopic (exact) mass is 227 g/mol. The Labute approximate surface area is 92.9 Å². The Balaban J connectivity index is 2.99. The summed E-state index contributed by atoms with van der Waals surface area (Å²) < 4.78 is 13.3. The predicted molar refractivity (Wildman–Crippen MR) is 62.8 cm³/mol. The van der Waals surface area contributed by atoms with E-state index in [2.05, 4.69) is 4.57 Å². The van der Waals surface area contributed by atoms with Crippen molar-refractivity contribution in [3.05, 3.63) is 23.0 Å². The van der Waals surface area contributed by atoms with Crippen LogP contribution in [-0.2, 0) is 17.3 Å². The molecule has 0 amide bonds. The van der Waals surface area contributed by atoms with Crippen molar-refractivity contribution in [3.63, 3.8) is 0 Å². The minimum Gasteiger partial charge on any atom is -0.347 e. The molecule has 1 rings (SSSR count). The van der Waals surface area contributed by atoms with E-state index in [-0.39, 0.29) is 5.25 Å². The number of aryl methyl sites for hydroxylation is 1. The molecule has 4 heteroatoms. The van der Waals surface area contributed by atoms with Gasteiger partial charge in [0.05, 0.1) is 0 Å². The molecule has 0 aromatic carbocycles. The fourth-order valence-corrected chi connectivity index (χ4v) is 1.95. The zero-order valence-electron chi connectivity index (χ0n) is 9.61. The molecule has 1 aromatic heterocycles. The second-order valence-corrected chi connectivity index (χ2v) is 5.67. The summed E-state index contributed by atoms with van der Waals surface area (Å²) in [6.45, 7) is 6.54. The van der Waals surface area contributed by atoms with E-state index in [4.69, 9.17) is 0 Å². The third kappa shape index (κ3) is 2.56. The first-order chi connectivity index (χ1) is 6.97. The average Bonchev–Trinajstić information content (AvgIpc) is 2.44. The first kappa shape index (κ1) is 12.2. The van der Waals surface area contributed by atoms with E-state index >= 15 is 0 Å². The Hall–Kier alpha value is -0.900. The lowest BCUT2D eigenvalue weighted by atomic mass is 10.3. The van der Waals surface area contributed by atoms with Gasteiger partial charge >= 0.3 is 0 Å². The molecule has 1 aromatic rings. The SMILES string of the molecule is Cc1cc(C=O)c(C)n1CC(C)S(C)=O. The molecule has 15 heavy (non-hydrogen) atoms. The summed E-state index contributed by atoms with van der Waals surface area (Å²) in [4.78, 5) is 10.7. The van der Waals surface area contributed by atoms with Gasteiger partial charge < -0.3 is 4.57 Å². The highest BCUT2D eigenvalue weighted by molar-refractivity contribution is 7.84. The van der Waals surface area contributed by atoms with Crippen molar-refractivity contribution in [2.45, 2.75) is 32.6 Å². The summed E-state index contributed by atoms with van der Waals surface area (Å²) in [5.41, 5.74) is 2.73. The zero-order valence-corrected chi connectivity index (χ0v) is 10.4. The summed E-state index contributed by atoms with van der Waals surface area (Å²) >= 11 is 0. The Morgan fingerprint density at radius 3 is 2.53 bits per heavy atom. The number of hydrogen-bond acceptors (Lipinski definition) is 2. The van der Waals surface area contributed by atoms with Gasteiger partial charge in [-0.15, -0.1) is 0 Å².